The molecule has 0 saturated carbocycles. The van der Waals surface area contributed by atoms with Crippen LogP contribution in [0.25, 0.3) is 5.69 Å². The van der Waals surface area contributed by atoms with E-state index in [1.165, 1.54) is 12.1 Å². The summed E-state index contributed by atoms with van der Waals surface area (Å²) in [6.07, 6.45) is 3.51. The summed E-state index contributed by atoms with van der Waals surface area (Å²) in [6.45, 7) is 1.99. The van der Waals surface area contributed by atoms with Gasteiger partial charge in [-0.15, -0.1) is 0 Å². The van der Waals surface area contributed by atoms with Gasteiger partial charge in [0, 0.05) is 28.7 Å². The molecule has 0 aliphatic rings. The Balaban J connectivity index is 1.72. The average Bonchev–Trinajstić information content (AvgIpc) is 3.06. The number of rotatable bonds is 5. The molecule has 6 nitrogen and oxygen atoms in total. The number of carbonyl (C=O) groups excluding carboxylic acids is 1. The Morgan fingerprint density at radius 3 is 2.43 bits per heavy atom. The summed E-state index contributed by atoms with van der Waals surface area (Å²) < 4.78 is 8.05. The number of amides is 1. The van der Waals surface area contributed by atoms with Crippen molar-refractivity contribution in [2.45, 2.75) is 6.92 Å². The Morgan fingerprint density at radius 2 is 1.82 bits per heavy atom. The van der Waals surface area contributed by atoms with E-state index in [0.29, 0.717) is 14.5 Å². The molecular formula is C20H17Br2N3O3. The molecule has 1 aromatic heterocycles. The molecule has 1 heterocycles. The van der Waals surface area contributed by atoms with Crippen LogP contribution in [0, 0.1) is 6.92 Å². The molecule has 0 radical (unpaired) electrons. The summed E-state index contributed by atoms with van der Waals surface area (Å²) in [5, 5.41) is 13.7. The molecule has 0 atom stereocenters. The molecule has 0 unspecified atom stereocenters. The predicted molar refractivity (Wildman–Crippen MR) is 116 cm³/mol. The van der Waals surface area contributed by atoms with Crippen molar-refractivity contribution in [1.82, 2.24) is 9.99 Å². The number of carbonyl (C=O) groups is 1. The molecule has 144 valence electrons. The van der Waals surface area contributed by atoms with Crippen molar-refractivity contribution < 1.29 is 14.6 Å². The number of nitrogens with one attached hydrogen (secondary N) is 1. The fraction of sp³-hybridized carbons (Fsp3) is 0.100. The first-order chi connectivity index (χ1) is 13.4. The van der Waals surface area contributed by atoms with Gasteiger partial charge in [-0.25, -0.2) is 5.43 Å². The summed E-state index contributed by atoms with van der Waals surface area (Å²) in [7, 11) is 1.63. The van der Waals surface area contributed by atoms with Crippen LogP contribution < -0.4 is 10.2 Å². The first-order valence-electron chi connectivity index (χ1n) is 8.24. The Morgan fingerprint density at radius 1 is 1.18 bits per heavy atom. The minimum absolute atomic E-state index is 0.0374. The topological polar surface area (TPSA) is 75.8 Å². The summed E-state index contributed by atoms with van der Waals surface area (Å²) in [5.41, 5.74) is 5.73. The first kappa shape index (κ1) is 20.2. The molecule has 0 fully saturated rings. The van der Waals surface area contributed by atoms with Crippen LogP contribution in [0.15, 0.2) is 62.7 Å². The SMILES string of the molecule is COc1ccc(-n2cc(/C=N\NC(=O)c3cc(Br)c(O)c(Br)c3)cc2C)cc1. The second kappa shape index (κ2) is 8.62. The number of aromatic nitrogens is 1. The number of aryl methyl sites for hydroxylation is 1. The largest absolute Gasteiger partial charge is 0.506 e. The molecule has 0 saturated heterocycles. The number of hydrogen-bond donors (Lipinski definition) is 2. The maximum Gasteiger partial charge on any atom is 0.271 e. The first-order valence-corrected chi connectivity index (χ1v) is 9.82. The third-order valence-electron chi connectivity index (χ3n) is 4.04. The van der Waals surface area contributed by atoms with E-state index in [0.717, 1.165) is 22.7 Å². The fourth-order valence-corrected chi connectivity index (χ4v) is 3.80. The van der Waals surface area contributed by atoms with Gasteiger partial charge in [0.15, 0.2) is 0 Å². The van der Waals surface area contributed by atoms with Crippen LogP contribution >= 0.6 is 31.9 Å². The highest BCUT2D eigenvalue weighted by Gasteiger charge is 2.11. The number of nitrogens with zero attached hydrogens (tertiary/aromatic N) is 2. The van der Waals surface area contributed by atoms with Gasteiger partial charge in [-0.3, -0.25) is 4.79 Å². The maximum absolute atomic E-state index is 12.2. The van der Waals surface area contributed by atoms with E-state index in [-0.39, 0.29) is 11.7 Å². The Labute approximate surface area is 179 Å². The van der Waals surface area contributed by atoms with Gasteiger partial charge in [-0.2, -0.15) is 5.10 Å². The van der Waals surface area contributed by atoms with Crippen LogP contribution in [0.1, 0.15) is 21.6 Å². The van der Waals surface area contributed by atoms with Crippen LogP contribution in [0.4, 0.5) is 0 Å². The van der Waals surface area contributed by atoms with Gasteiger partial charge in [0.2, 0.25) is 0 Å². The lowest BCUT2D eigenvalue weighted by atomic mass is 10.2. The van der Waals surface area contributed by atoms with Crippen LogP contribution in [0.2, 0.25) is 0 Å². The van der Waals surface area contributed by atoms with Gasteiger partial charge >= 0.3 is 0 Å². The summed E-state index contributed by atoms with van der Waals surface area (Å²) in [6, 6.07) is 12.7. The van der Waals surface area contributed by atoms with Gasteiger partial charge in [-0.05, 0) is 81.2 Å². The number of aromatic hydroxyl groups is 1. The van der Waals surface area contributed by atoms with Gasteiger partial charge in [0.25, 0.3) is 5.91 Å². The van der Waals surface area contributed by atoms with Crippen molar-refractivity contribution in [3.05, 3.63) is 74.4 Å². The van der Waals surface area contributed by atoms with E-state index in [4.69, 9.17) is 4.74 Å². The Kier molecular flexibility index (Phi) is 6.21. The number of phenols is 1. The lowest BCUT2D eigenvalue weighted by Gasteiger charge is -2.06. The van der Waals surface area contributed by atoms with Crippen molar-refractivity contribution in [1.29, 1.82) is 0 Å². The lowest BCUT2D eigenvalue weighted by Crippen LogP contribution is -2.17. The monoisotopic (exact) mass is 505 g/mol. The summed E-state index contributed by atoms with van der Waals surface area (Å²) >= 11 is 6.41. The fourth-order valence-electron chi connectivity index (χ4n) is 2.62. The normalized spacial score (nSPS) is 11.0. The zero-order valence-electron chi connectivity index (χ0n) is 15.1. The molecule has 8 heteroatoms. The third-order valence-corrected chi connectivity index (χ3v) is 5.25. The maximum atomic E-state index is 12.2. The highest BCUT2D eigenvalue weighted by Crippen LogP contribution is 2.33. The number of phenolic OH excluding ortho intramolecular Hbond substituents is 1. The molecule has 0 bridgehead atoms. The number of halogens is 2. The molecule has 0 aliphatic carbocycles. The minimum Gasteiger partial charge on any atom is -0.506 e. The highest BCUT2D eigenvalue weighted by atomic mass is 79.9. The minimum atomic E-state index is -0.385. The van der Waals surface area contributed by atoms with Gasteiger partial charge in [0.05, 0.1) is 22.3 Å². The van der Waals surface area contributed by atoms with Gasteiger partial charge in [-0.1, -0.05) is 0 Å². The van der Waals surface area contributed by atoms with E-state index < -0.39 is 0 Å². The Hall–Kier alpha value is -2.58. The second-order valence-corrected chi connectivity index (χ2v) is 7.68. The second-order valence-electron chi connectivity index (χ2n) is 5.97. The van der Waals surface area contributed by atoms with Crippen molar-refractivity contribution in [2.75, 3.05) is 7.11 Å². The van der Waals surface area contributed by atoms with E-state index in [1.807, 2.05) is 48.0 Å². The van der Waals surface area contributed by atoms with Crippen molar-refractivity contribution in [3.63, 3.8) is 0 Å². The quantitative estimate of drug-likeness (QED) is 0.386. The summed E-state index contributed by atoms with van der Waals surface area (Å²) in [4.78, 5) is 12.2. The van der Waals surface area contributed by atoms with Gasteiger partial charge < -0.3 is 14.4 Å². The smallest absolute Gasteiger partial charge is 0.271 e. The van der Waals surface area contributed by atoms with E-state index in [1.54, 1.807) is 13.3 Å². The van der Waals surface area contributed by atoms with E-state index >= 15 is 0 Å². The summed E-state index contributed by atoms with van der Waals surface area (Å²) in [5.74, 6) is 0.449. The van der Waals surface area contributed by atoms with Crippen LogP contribution in [-0.2, 0) is 0 Å². The number of hydrogen-bond acceptors (Lipinski definition) is 4. The van der Waals surface area contributed by atoms with Crippen LogP contribution in [-0.4, -0.2) is 28.9 Å². The van der Waals surface area contributed by atoms with E-state index in [2.05, 4.69) is 42.4 Å². The van der Waals surface area contributed by atoms with Crippen LogP contribution in [0.5, 0.6) is 11.5 Å². The Bertz CT molecular complexity index is 1020. The van der Waals surface area contributed by atoms with Crippen molar-refractivity contribution in [2.24, 2.45) is 5.10 Å². The number of ether oxygens (including phenoxy) is 1. The molecule has 0 aliphatic heterocycles. The molecule has 1 amide bonds. The molecule has 3 rings (SSSR count). The number of benzene rings is 2. The number of methoxy groups -OCH3 is 1. The molecule has 3 aromatic rings. The molecule has 0 spiro atoms. The lowest BCUT2D eigenvalue weighted by molar-refractivity contribution is 0.0955. The molecule has 2 aromatic carbocycles. The van der Waals surface area contributed by atoms with Gasteiger partial charge in [0.1, 0.15) is 11.5 Å². The standard InChI is InChI=1S/C20H17Br2N3O3/c1-12-7-13(11-25(12)15-3-5-16(28-2)6-4-15)10-23-24-20(27)14-8-17(21)19(26)18(22)9-14/h3-11,26H,1-2H3,(H,24,27)/b23-10-. The van der Waals surface area contributed by atoms with Crippen molar-refractivity contribution in [3.8, 4) is 17.2 Å². The van der Waals surface area contributed by atoms with Crippen LogP contribution in [0.3, 0.4) is 0 Å². The molecular weight excluding hydrogens is 490 g/mol. The zero-order valence-corrected chi connectivity index (χ0v) is 18.3. The predicted octanol–water partition coefficient (Wildman–Crippen LogP) is 4.79. The van der Waals surface area contributed by atoms with Crippen molar-refractivity contribution >= 4 is 44.0 Å². The third kappa shape index (κ3) is 4.45. The van der Waals surface area contributed by atoms with E-state index in [9.17, 15) is 9.90 Å². The zero-order chi connectivity index (χ0) is 20.3. The highest BCUT2D eigenvalue weighted by molar-refractivity contribution is 9.11. The number of hydrazone groups is 1. The average molecular weight is 507 g/mol. The molecule has 2 N–H and O–H groups in total. The molecule has 28 heavy (non-hydrogen) atoms.